The van der Waals surface area contributed by atoms with Gasteiger partial charge in [-0.25, -0.2) is 9.78 Å². The Morgan fingerprint density at radius 3 is 2.54 bits per heavy atom. The molecule has 2 amide bonds. The minimum Gasteiger partial charge on any atom is -0.493 e. The second-order valence-electron chi connectivity index (χ2n) is 6.12. The smallest absolute Gasteiger partial charge is 0.321 e. The SMILES string of the molecule is COc1ccc(NC(=O)N2CCN(Cc3csc(C)n3)CC2)cc1OC. The van der Waals surface area contributed by atoms with E-state index >= 15 is 0 Å². The summed E-state index contributed by atoms with van der Waals surface area (Å²) in [5, 5.41) is 6.12. The van der Waals surface area contributed by atoms with Gasteiger partial charge in [-0.3, -0.25) is 4.90 Å². The lowest BCUT2D eigenvalue weighted by Gasteiger charge is -2.34. The summed E-state index contributed by atoms with van der Waals surface area (Å²) in [7, 11) is 3.16. The maximum absolute atomic E-state index is 12.5. The van der Waals surface area contributed by atoms with E-state index in [9.17, 15) is 4.79 Å². The average Bonchev–Trinajstić information content (AvgIpc) is 3.06. The number of benzene rings is 1. The highest BCUT2D eigenvalue weighted by molar-refractivity contribution is 7.09. The quantitative estimate of drug-likeness (QED) is 0.869. The highest BCUT2D eigenvalue weighted by Crippen LogP contribution is 2.29. The summed E-state index contributed by atoms with van der Waals surface area (Å²) in [6.45, 7) is 5.94. The van der Waals surface area contributed by atoms with Crippen molar-refractivity contribution >= 4 is 23.1 Å². The van der Waals surface area contributed by atoms with Crippen LogP contribution in [-0.2, 0) is 6.54 Å². The van der Waals surface area contributed by atoms with Crippen LogP contribution in [0.3, 0.4) is 0 Å². The highest BCUT2D eigenvalue weighted by atomic mass is 32.1. The number of amides is 2. The van der Waals surface area contributed by atoms with Gasteiger partial charge in [0.15, 0.2) is 11.5 Å². The van der Waals surface area contributed by atoms with Gasteiger partial charge < -0.3 is 19.7 Å². The van der Waals surface area contributed by atoms with Gasteiger partial charge in [-0.1, -0.05) is 0 Å². The van der Waals surface area contributed by atoms with Crippen LogP contribution in [0.4, 0.5) is 10.5 Å². The fraction of sp³-hybridized carbons (Fsp3) is 0.444. The molecule has 2 aromatic rings. The summed E-state index contributed by atoms with van der Waals surface area (Å²) in [5.41, 5.74) is 1.80. The normalized spacial score (nSPS) is 15.0. The molecule has 0 spiro atoms. The zero-order valence-corrected chi connectivity index (χ0v) is 16.1. The Kier molecular flexibility index (Phi) is 5.95. The largest absolute Gasteiger partial charge is 0.493 e. The number of carbonyl (C=O) groups excluding carboxylic acids is 1. The lowest BCUT2D eigenvalue weighted by molar-refractivity contribution is 0.142. The zero-order chi connectivity index (χ0) is 18.5. The molecule has 1 aliphatic heterocycles. The summed E-state index contributed by atoms with van der Waals surface area (Å²) in [5.74, 6) is 1.23. The Morgan fingerprint density at radius 2 is 1.92 bits per heavy atom. The van der Waals surface area contributed by atoms with E-state index in [1.807, 2.05) is 11.8 Å². The monoisotopic (exact) mass is 376 g/mol. The van der Waals surface area contributed by atoms with E-state index in [-0.39, 0.29) is 6.03 Å². The predicted molar refractivity (Wildman–Crippen MR) is 102 cm³/mol. The first-order chi connectivity index (χ1) is 12.6. The third-order valence-electron chi connectivity index (χ3n) is 4.35. The van der Waals surface area contributed by atoms with E-state index in [0.717, 1.165) is 30.3 Å². The summed E-state index contributed by atoms with van der Waals surface area (Å²) >= 11 is 1.67. The lowest BCUT2D eigenvalue weighted by Crippen LogP contribution is -2.49. The molecule has 140 valence electrons. The Bertz CT molecular complexity index is 757. The standard InChI is InChI=1S/C18H24N4O3S/c1-13-19-15(12-26-13)11-21-6-8-22(9-7-21)18(23)20-14-4-5-16(24-2)17(10-14)25-3/h4-5,10,12H,6-9,11H2,1-3H3,(H,20,23). The van der Waals surface area contributed by atoms with Crippen LogP contribution in [0.2, 0.25) is 0 Å². The van der Waals surface area contributed by atoms with Gasteiger partial charge in [0.25, 0.3) is 0 Å². The van der Waals surface area contributed by atoms with E-state index in [0.29, 0.717) is 30.3 Å². The first-order valence-electron chi connectivity index (χ1n) is 8.50. The van der Waals surface area contributed by atoms with Gasteiger partial charge in [-0.2, -0.15) is 0 Å². The molecule has 7 nitrogen and oxygen atoms in total. The molecule has 1 fully saturated rings. The van der Waals surface area contributed by atoms with Gasteiger partial charge in [0.2, 0.25) is 0 Å². The number of carbonyl (C=O) groups is 1. The number of anilines is 1. The van der Waals surface area contributed by atoms with Crippen LogP contribution < -0.4 is 14.8 Å². The van der Waals surface area contributed by atoms with E-state index in [2.05, 4.69) is 20.6 Å². The van der Waals surface area contributed by atoms with Gasteiger partial charge in [-0.15, -0.1) is 11.3 Å². The van der Waals surface area contributed by atoms with Crippen LogP contribution in [0.5, 0.6) is 11.5 Å². The van der Waals surface area contributed by atoms with Crippen molar-refractivity contribution in [2.45, 2.75) is 13.5 Å². The molecule has 1 saturated heterocycles. The number of nitrogens with zero attached hydrogens (tertiary/aromatic N) is 3. The molecule has 0 atom stereocenters. The van der Waals surface area contributed by atoms with E-state index < -0.39 is 0 Å². The first kappa shape index (κ1) is 18.5. The summed E-state index contributed by atoms with van der Waals surface area (Å²) in [6, 6.07) is 5.25. The summed E-state index contributed by atoms with van der Waals surface area (Å²) in [4.78, 5) is 21.2. The Balaban J connectivity index is 1.52. The Morgan fingerprint density at radius 1 is 1.19 bits per heavy atom. The van der Waals surface area contributed by atoms with Crippen molar-refractivity contribution < 1.29 is 14.3 Å². The van der Waals surface area contributed by atoms with E-state index in [1.165, 1.54) is 0 Å². The maximum Gasteiger partial charge on any atom is 0.321 e. The molecule has 0 radical (unpaired) electrons. The first-order valence-corrected chi connectivity index (χ1v) is 9.38. The number of urea groups is 1. The number of piperazine rings is 1. The van der Waals surface area contributed by atoms with Gasteiger partial charge in [0.1, 0.15) is 0 Å². The minimum absolute atomic E-state index is 0.0960. The van der Waals surface area contributed by atoms with Gasteiger partial charge in [0.05, 0.1) is 24.9 Å². The second-order valence-corrected chi connectivity index (χ2v) is 7.18. The molecule has 3 rings (SSSR count). The zero-order valence-electron chi connectivity index (χ0n) is 15.3. The van der Waals surface area contributed by atoms with Crippen molar-refractivity contribution in [2.24, 2.45) is 0 Å². The average molecular weight is 376 g/mol. The number of ether oxygens (including phenoxy) is 2. The molecule has 0 aliphatic carbocycles. The molecular formula is C18H24N4O3S. The molecule has 1 N–H and O–H groups in total. The van der Waals surface area contributed by atoms with Crippen LogP contribution >= 0.6 is 11.3 Å². The third-order valence-corrected chi connectivity index (χ3v) is 5.17. The minimum atomic E-state index is -0.0960. The van der Waals surface area contributed by atoms with Gasteiger partial charge in [0, 0.05) is 49.9 Å². The van der Waals surface area contributed by atoms with Crippen LogP contribution in [-0.4, -0.2) is 61.2 Å². The molecule has 2 heterocycles. The van der Waals surface area contributed by atoms with Crippen LogP contribution in [0, 0.1) is 6.92 Å². The van der Waals surface area contributed by atoms with Gasteiger partial charge in [-0.05, 0) is 19.1 Å². The molecule has 0 saturated carbocycles. The fourth-order valence-electron chi connectivity index (χ4n) is 2.94. The van der Waals surface area contributed by atoms with Crippen molar-refractivity contribution in [3.63, 3.8) is 0 Å². The Hall–Kier alpha value is -2.32. The lowest BCUT2D eigenvalue weighted by atomic mass is 10.2. The van der Waals surface area contributed by atoms with Crippen molar-refractivity contribution in [2.75, 3.05) is 45.7 Å². The molecule has 8 heteroatoms. The fourth-order valence-corrected chi connectivity index (χ4v) is 3.54. The topological polar surface area (TPSA) is 66.9 Å². The molecular weight excluding hydrogens is 352 g/mol. The molecule has 26 heavy (non-hydrogen) atoms. The molecule has 0 bridgehead atoms. The molecule has 1 aromatic heterocycles. The molecule has 0 unspecified atom stereocenters. The number of nitrogens with one attached hydrogen (secondary N) is 1. The van der Waals surface area contributed by atoms with Gasteiger partial charge >= 0.3 is 6.03 Å². The maximum atomic E-state index is 12.5. The molecule has 1 aromatic carbocycles. The van der Waals surface area contributed by atoms with Crippen molar-refractivity contribution in [1.82, 2.24) is 14.8 Å². The number of aryl methyl sites for hydroxylation is 1. The Labute approximate surface area is 157 Å². The van der Waals surface area contributed by atoms with Crippen LogP contribution in [0.25, 0.3) is 0 Å². The predicted octanol–water partition coefficient (Wildman–Crippen LogP) is 2.82. The number of hydrogen-bond donors (Lipinski definition) is 1. The highest BCUT2D eigenvalue weighted by Gasteiger charge is 2.22. The number of aromatic nitrogens is 1. The van der Waals surface area contributed by atoms with E-state index in [4.69, 9.17) is 9.47 Å². The van der Waals surface area contributed by atoms with Crippen LogP contribution in [0.1, 0.15) is 10.7 Å². The van der Waals surface area contributed by atoms with Crippen molar-refractivity contribution in [3.05, 3.63) is 34.3 Å². The van der Waals surface area contributed by atoms with Crippen LogP contribution in [0.15, 0.2) is 23.6 Å². The number of methoxy groups -OCH3 is 2. The second kappa shape index (κ2) is 8.37. The number of hydrogen-bond acceptors (Lipinski definition) is 6. The number of thiazole rings is 1. The summed E-state index contributed by atoms with van der Waals surface area (Å²) < 4.78 is 10.5. The van der Waals surface area contributed by atoms with Crippen molar-refractivity contribution in [1.29, 1.82) is 0 Å². The third kappa shape index (κ3) is 4.44. The number of rotatable bonds is 5. The van der Waals surface area contributed by atoms with E-state index in [1.54, 1.807) is 43.8 Å². The molecule has 1 aliphatic rings. The van der Waals surface area contributed by atoms with Crippen molar-refractivity contribution in [3.8, 4) is 11.5 Å². The summed E-state index contributed by atoms with van der Waals surface area (Å²) in [6.07, 6.45) is 0.